The Balaban J connectivity index is 1.79. The van der Waals surface area contributed by atoms with Gasteiger partial charge in [-0.3, -0.25) is 10.1 Å². The number of hydrogen-bond acceptors (Lipinski definition) is 6. The Morgan fingerprint density at radius 1 is 1.06 bits per heavy atom. The lowest BCUT2D eigenvalue weighted by molar-refractivity contribution is -0.118. The van der Waals surface area contributed by atoms with Crippen LogP contribution in [-0.4, -0.2) is 51.5 Å². The molecule has 0 bridgehead atoms. The summed E-state index contributed by atoms with van der Waals surface area (Å²) in [7, 11) is 0. The highest BCUT2D eigenvalue weighted by molar-refractivity contribution is 5.96. The molecule has 1 aliphatic heterocycles. The quantitative estimate of drug-likeness (QED) is 0.556. The number of carbonyl (C=O) groups is 1. The molecule has 7 nitrogen and oxygen atoms in total. The summed E-state index contributed by atoms with van der Waals surface area (Å²) in [6, 6.07) is 11.7. The van der Waals surface area contributed by atoms with Crippen LogP contribution in [0.4, 0.5) is 11.4 Å². The van der Waals surface area contributed by atoms with Gasteiger partial charge in [0, 0.05) is 31.3 Å². The molecule has 180 valence electrons. The van der Waals surface area contributed by atoms with Gasteiger partial charge in [-0.2, -0.15) is 0 Å². The molecular formula is C26H37N3O4. The number of anilines is 2. The van der Waals surface area contributed by atoms with Gasteiger partial charge in [0.05, 0.1) is 43.8 Å². The minimum Gasteiger partial charge on any atom is -0.492 e. The molecule has 1 heterocycles. The maximum absolute atomic E-state index is 13.1. The van der Waals surface area contributed by atoms with Gasteiger partial charge >= 0.3 is 0 Å². The normalized spacial score (nSPS) is 15.6. The zero-order valence-corrected chi connectivity index (χ0v) is 20.4. The van der Waals surface area contributed by atoms with E-state index in [1.807, 2.05) is 45.0 Å². The van der Waals surface area contributed by atoms with Gasteiger partial charge in [-0.05, 0) is 45.7 Å². The summed E-state index contributed by atoms with van der Waals surface area (Å²) in [5, 5.41) is 6.45. The smallest absolute Gasteiger partial charge is 0.241 e. The van der Waals surface area contributed by atoms with Crippen molar-refractivity contribution in [2.75, 3.05) is 49.7 Å². The van der Waals surface area contributed by atoms with Crippen LogP contribution >= 0.6 is 0 Å². The van der Waals surface area contributed by atoms with Crippen LogP contribution in [0.5, 0.6) is 11.5 Å². The molecule has 0 saturated carbocycles. The first-order valence-corrected chi connectivity index (χ1v) is 11.8. The van der Waals surface area contributed by atoms with Gasteiger partial charge in [-0.15, -0.1) is 0 Å². The summed E-state index contributed by atoms with van der Waals surface area (Å²) in [5.41, 5.74) is 3.95. The summed E-state index contributed by atoms with van der Waals surface area (Å²) < 4.78 is 17.3. The number of ether oxygens (including phenoxy) is 3. The molecule has 0 aliphatic carbocycles. The van der Waals surface area contributed by atoms with Crippen LogP contribution in [0.2, 0.25) is 0 Å². The van der Waals surface area contributed by atoms with Crippen molar-refractivity contribution in [1.82, 2.24) is 5.32 Å². The predicted molar refractivity (Wildman–Crippen MR) is 133 cm³/mol. The van der Waals surface area contributed by atoms with E-state index in [-0.39, 0.29) is 11.9 Å². The van der Waals surface area contributed by atoms with E-state index in [9.17, 15) is 4.79 Å². The molecule has 0 spiro atoms. The van der Waals surface area contributed by atoms with Gasteiger partial charge in [-0.25, -0.2) is 0 Å². The number of nitrogens with zero attached hydrogens (tertiary/aromatic N) is 1. The number of amides is 1. The van der Waals surface area contributed by atoms with Crippen molar-refractivity contribution in [2.45, 2.75) is 46.7 Å². The third-order valence-corrected chi connectivity index (χ3v) is 5.82. The molecule has 0 radical (unpaired) electrons. The van der Waals surface area contributed by atoms with E-state index >= 15 is 0 Å². The molecule has 0 aromatic heterocycles. The van der Waals surface area contributed by atoms with Crippen molar-refractivity contribution in [3.8, 4) is 11.5 Å². The van der Waals surface area contributed by atoms with Gasteiger partial charge in [0.15, 0.2) is 0 Å². The second-order valence-corrected chi connectivity index (χ2v) is 8.24. The average molecular weight is 456 g/mol. The lowest BCUT2D eigenvalue weighted by atomic mass is 10.0. The number of hydrogen-bond donors (Lipinski definition) is 2. The minimum atomic E-state index is -0.399. The number of rotatable bonds is 10. The second-order valence-electron chi connectivity index (χ2n) is 8.24. The summed E-state index contributed by atoms with van der Waals surface area (Å²) >= 11 is 0. The third-order valence-electron chi connectivity index (χ3n) is 5.82. The molecular weight excluding hydrogens is 418 g/mol. The van der Waals surface area contributed by atoms with E-state index in [0.29, 0.717) is 37.9 Å². The molecule has 33 heavy (non-hydrogen) atoms. The lowest BCUT2D eigenvalue weighted by Gasteiger charge is -2.31. The van der Waals surface area contributed by atoms with Crippen molar-refractivity contribution in [1.29, 1.82) is 0 Å². The molecule has 7 heteroatoms. The van der Waals surface area contributed by atoms with E-state index in [1.165, 1.54) is 11.1 Å². The zero-order valence-electron chi connectivity index (χ0n) is 20.4. The SMILES string of the molecule is CCOc1cc(N2CCOCC2)c(OCC)cc1NC(=O)[C@H](C)N[C@H](C)c1ccccc1C. The van der Waals surface area contributed by atoms with Gasteiger partial charge in [0.25, 0.3) is 0 Å². The summed E-state index contributed by atoms with van der Waals surface area (Å²) in [6.45, 7) is 13.9. The number of morpholine rings is 1. The topological polar surface area (TPSA) is 72.1 Å². The van der Waals surface area contributed by atoms with Crippen LogP contribution in [0, 0.1) is 6.92 Å². The van der Waals surface area contributed by atoms with Crippen LogP contribution in [0.1, 0.15) is 44.9 Å². The van der Waals surface area contributed by atoms with Crippen LogP contribution < -0.4 is 25.0 Å². The zero-order chi connectivity index (χ0) is 23.8. The molecule has 2 aromatic rings. The van der Waals surface area contributed by atoms with Gasteiger partial charge in [0.1, 0.15) is 11.5 Å². The maximum atomic E-state index is 13.1. The molecule has 1 aliphatic rings. The second kappa shape index (κ2) is 11.9. The van der Waals surface area contributed by atoms with Crippen molar-refractivity contribution < 1.29 is 19.0 Å². The summed E-state index contributed by atoms with van der Waals surface area (Å²) in [6.07, 6.45) is 0. The monoisotopic (exact) mass is 455 g/mol. The van der Waals surface area contributed by atoms with Crippen molar-refractivity contribution >= 4 is 17.3 Å². The number of carbonyl (C=O) groups excluding carboxylic acids is 1. The van der Waals surface area contributed by atoms with Gasteiger partial charge < -0.3 is 24.4 Å². The number of aryl methyl sites for hydroxylation is 1. The van der Waals surface area contributed by atoms with Gasteiger partial charge in [0.2, 0.25) is 5.91 Å². The molecule has 0 unspecified atom stereocenters. The van der Waals surface area contributed by atoms with Crippen molar-refractivity contribution in [3.05, 3.63) is 47.5 Å². The molecule has 1 saturated heterocycles. The molecule has 3 rings (SSSR count). The average Bonchev–Trinajstić information content (AvgIpc) is 2.81. The van der Waals surface area contributed by atoms with Crippen LogP contribution in [0.15, 0.2) is 36.4 Å². The minimum absolute atomic E-state index is 0.0426. The Kier molecular flexibility index (Phi) is 8.97. The van der Waals surface area contributed by atoms with E-state index in [1.54, 1.807) is 0 Å². The molecule has 2 atom stereocenters. The predicted octanol–water partition coefficient (Wildman–Crippen LogP) is 4.31. The summed E-state index contributed by atoms with van der Waals surface area (Å²) in [4.78, 5) is 15.3. The molecule has 1 fully saturated rings. The van der Waals surface area contributed by atoms with Crippen LogP contribution in [-0.2, 0) is 9.53 Å². The Morgan fingerprint density at radius 3 is 2.39 bits per heavy atom. The number of nitrogens with one attached hydrogen (secondary N) is 2. The summed E-state index contributed by atoms with van der Waals surface area (Å²) in [5.74, 6) is 1.24. The van der Waals surface area contributed by atoms with Crippen molar-refractivity contribution in [2.24, 2.45) is 0 Å². The Hall–Kier alpha value is -2.77. The van der Waals surface area contributed by atoms with E-state index < -0.39 is 6.04 Å². The van der Waals surface area contributed by atoms with Gasteiger partial charge in [-0.1, -0.05) is 24.3 Å². The standard InChI is InChI=1S/C26H37N3O4/c1-6-32-24-17-23(29-12-14-31-15-13-29)25(33-7-2)16-22(24)28-26(30)20(5)27-19(4)21-11-9-8-10-18(21)3/h8-11,16-17,19-20,27H,6-7,12-15H2,1-5H3,(H,28,30)/t19-,20+/m1/s1. The third kappa shape index (κ3) is 6.39. The van der Waals surface area contributed by atoms with E-state index in [4.69, 9.17) is 14.2 Å². The first kappa shape index (κ1) is 24.9. The molecule has 1 amide bonds. The van der Waals surface area contributed by atoms with Crippen molar-refractivity contribution in [3.63, 3.8) is 0 Å². The Morgan fingerprint density at radius 2 is 1.73 bits per heavy atom. The molecule has 2 N–H and O–H groups in total. The Bertz CT molecular complexity index is 928. The Labute approximate surface area is 197 Å². The van der Waals surface area contributed by atoms with E-state index in [0.717, 1.165) is 24.5 Å². The fourth-order valence-corrected chi connectivity index (χ4v) is 4.10. The fourth-order valence-electron chi connectivity index (χ4n) is 4.10. The first-order valence-electron chi connectivity index (χ1n) is 11.8. The largest absolute Gasteiger partial charge is 0.492 e. The maximum Gasteiger partial charge on any atom is 0.241 e. The highest BCUT2D eigenvalue weighted by atomic mass is 16.5. The lowest BCUT2D eigenvalue weighted by Crippen LogP contribution is -2.39. The highest BCUT2D eigenvalue weighted by Crippen LogP contribution is 2.39. The van der Waals surface area contributed by atoms with Crippen LogP contribution in [0.25, 0.3) is 0 Å². The number of benzene rings is 2. The highest BCUT2D eigenvalue weighted by Gasteiger charge is 2.23. The van der Waals surface area contributed by atoms with E-state index in [2.05, 4.69) is 41.5 Å². The molecule has 2 aromatic carbocycles. The van der Waals surface area contributed by atoms with Crippen LogP contribution in [0.3, 0.4) is 0 Å². The fraction of sp³-hybridized carbons (Fsp3) is 0.500. The first-order chi connectivity index (χ1) is 15.9.